The summed E-state index contributed by atoms with van der Waals surface area (Å²) in [6.45, 7) is 12.7. The van der Waals surface area contributed by atoms with Crippen LogP contribution in [0.4, 0.5) is 5.82 Å². The molecule has 0 saturated heterocycles. The Kier molecular flexibility index (Phi) is 7.48. The van der Waals surface area contributed by atoms with E-state index in [9.17, 15) is 0 Å². The van der Waals surface area contributed by atoms with E-state index in [1.807, 2.05) is 18.2 Å². The first-order chi connectivity index (χ1) is 9.74. The molecule has 0 bridgehead atoms. The third kappa shape index (κ3) is 5.08. The Morgan fingerprint density at radius 2 is 1.65 bits per heavy atom. The molecule has 0 amide bonds. The molecular weight excluding hydrogens is 246 g/mol. The fraction of sp³-hybridized carbons (Fsp3) is 0.471. The highest BCUT2D eigenvalue weighted by Gasteiger charge is 2.02. The van der Waals surface area contributed by atoms with E-state index in [2.05, 4.69) is 66.9 Å². The highest BCUT2D eigenvalue weighted by molar-refractivity contribution is 5.51. The maximum atomic E-state index is 4.66. The Bertz CT molecular complexity index is 430. The number of rotatable bonds is 8. The van der Waals surface area contributed by atoms with Crippen LogP contribution in [0.2, 0.25) is 0 Å². The van der Waals surface area contributed by atoms with Gasteiger partial charge in [0.05, 0.1) is 5.69 Å². The SMILES string of the molecule is CCN(/C=C/C=C/c1cccc(N(CC)CC)n1)CC. The molecule has 1 heterocycles. The zero-order valence-corrected chi connectivity index (χ0v) is 13.2. The monoisotopic (exact) mass is 273 g/mol. The minimum atomic E-state index is 0.985. The molecule has 0 N–H and O–H groups in total. The van der Waals surface area contributed by atoms with Crippen molar-refractivity contribution in [3.63, 3.8) is 0 Å². The fourth-order valence-corrected chi connectivity index (χ4v) is 2.02. The summed E-state index contributed by atoms with van der Waals surface area (Å²) in [6, 6.07) is 6.17. The largest absolute Gasteiger partial charge is 0.378 e. The summed E-state index contributed by atoms with van der Waals surface area (Å²) in [6.07, 6.45) is 8.28. The first-order valence-electron chi connectivity index (χ1n) is 7.56. The smallest absolute Gasteiger partial charge is 0.129 e. The Balaban J connectivity index is 2.71. The highest BCUT2D eigenvalue weighted by atomic mass is 15.2. The Hall–Kier alpha value is -1.77. The number of allylic oxidation sites excluding steroid dienone is 2. The molecule has 0 spiro atoms. The topological polar surface area (TPSA) is 19.4 Å². The van der Waals surface area contributed by atoms with Crippen LogP contribution < -0.4 is 4.90 Å². The lowest BCUT2D eigenvalue weighted by molar-refractivity contribution is 0.419. The molecule has 0 aliphatic heterocycles. The summed E-state index contributed by atoms with van der Waals surface area (Å²) in [7, 11) is 0. The van der Waals surface area contributed by atoms with Crippen LogP contribution in [0, 0.1) is 0 Å². The van der Waals surface area contributed by atoms with Gasteiger partial charge in [0, 0.05) is 26.2 Å². The molecule has 0 saturated carbocycles. The van der Waals surface area contributed by atoms with Crippen LogP contribution in [0.1, 0.15) is 33.4 Å². The van der Waals surface area contributed by atoms with E-state index in [0.717, 1.165) is 37.7 Å². The normalized spacial score (nSPS) is 11.4. The molecule has 0 aliphatic carbocycles. The predicted octanol–water partition coefficient (Wildman–Crippen LogP) is 3.80. The molecule has 0 aliphatic rings. The maximum absolute atomic E-state index is 4.66. The van der Waals surface area contributed by atoms with Crippen molar-refractivity contribution in [3.05, 3.63) is 42.2 Å². The molecule has 0 fully saturated rings. The first kappa shape index (κ1) is 16.3. The van der Waals surface area contributed by atoms with Crippen LogP contribution in [0.25, 0.3) is 6.08 Å². The van der Waals surface area contributed by atoms with Crippen LogP contribution >= 0.6 is 0 Å². The van der Waals surface area contributed by atoms with Crippen LogP contribution in [-0.2, 0) is 0 Å². The number of nitrogens with zero attached hydrogens (tertiary/aromatic N) is 3. The molecule has 3 heteroatoms. The minimum absolute atomic E-state index is 0.985. The standard InChI is InChI=1S/C17H27N3/c1-5-19(6-2)15-10-9-12-16-13-11-14-17(18-16)20(7-3)8-4/h9-15H,5-8H2,1-4H3/b12-9+,15-10+. The molecule has 1 aromatic rings. The molecule has 110 valence electrons. The fourth-order valence-electron chi connectivity index (χ4n) is 2.02. The van der Waals surface area contributed by atoms with E-state index >= 15 is 0 Å². The molecule has 0 unspecified atom stereocenters. The van der Waals surface area contributed by atoms with Crippen LogP contribution in [0.3, 0.4) is 0 Å². The number of hydrogen-bond acceptors (Lipinski definition) is 3. The van der Waals surface area contributed by atoms with Gasteiger partial charge in [0.25, 0.3) is 0 Å². The van der Waals surface area contributed by atoms with Crippen molar-refractivity contribution in [1.82, 2.24) is 9.88 Å². The van der Waals surface area contributed by atoms with Gasteiger partial charge in [-0.2, -0.15) is 0 Å². The van der Waals surface area contributed by atoms with Gasteiger partial charge in [-0.05, 0) is 58.2 Å². The van der Waals surface area contributed by atoms with E-state index in [0.29, 0.717) is 0 Å². The second-order valence-electron chi connectivity index (χ2n) is 4.51. The van der Waals surface area contributed by atoms with Gasteiger partial charge >= 0.3 is 0 Å². The number of anilines is 1. The average molecular weight is 273 g/mol. The van der Waals surface area contributed by atoms with Gasteiger partial charge in [0.2, 0.25) is 0 Å². The van der Waals surface area contributed by atoms with Gasteiger partial charge in [0.15, 0.2) is 0 Å². The van der Waals surface area contributed by atoms with E-state index in [-0.39, 0.29) is 0 Å². The van der Waals surface area contributed by atoms with E-state index in [1.54, 1.807) is 0 Å². The van der Waals surface area contributed by atoms with Crippen LogP contribution in [0.5, 0.6) is 0 Å². The zero-order chi connectivity index (χ0) is 14.8. The van der Waals surface area contributed by atoms with Crippen molar-refractivity contribution in [2.75, 3.05) is 31.1 Å². The Morgan fingerprint density at radius 3 is 2.25 bits per heavy atom. The van der Waals surface area contributed by atoms with E-state index in [4.69, 9.17) is 0 Å². The quantitative estimate of drug-likeness (QED) is 0.672. The third-order valence-electron chi connectivity index (χ3n) is 3.33. The lowest BCUT2D eigenvalue weighted by atomic mass is 10.3. The van der Waals surface area contributed by atoms with Gasteiger partial charge in [-0.25, -0.2) is 4.98 Å². The van der Waals surface area contributed by atoms with E-state index in [1.165, 1.54) is 0 Å². The molecule has 3 nitrogen and oxygen atoms in total. The molecule has 20 heavy (non-hydrogen) atoms. The van der Waals surface area contributed by atoms with Gasteiger partial charge in [-0.1, -0.05) is 12.1 Å². The van der Waals surface area contributed by atoms with Crippen molar-refractivity contribution in [1.29, 1.82) is 0 Å². The second-order valence-corrected chi connectivity index (χ2v) is 4.51. The lowest BCUT2D eigenvalue weighted by Gasteiger charge is -2.19. The van der Waals surface area contributed by atoms with Crippen LogP contribution in [-0.4, -0.2) is 36.1 Å². The number of hydrogen-bond donors (Lipinski definition) is 0. The summed E-state index contributed by atoms with van der Waals surface area (Å²) in [5.41, 5.74) is 0.999. The van der Waals surface area contributed by atoms with Gasteiger partial charge in [-0.15, -0.1) is 0 Å². The summed E-state index contributed by atoms with van der Waals surface area (Å²) in [5.74, 6) is 1.05. The predicted molar refractivity (Wildman–Crippen MR) is 88.9 cm³/mol. The summed E-state index contributed by atoms with van der Waals surface area (Å²) >= 11 is 0. The zero-order valence-electron chi connectivity index (χ0n) is 13.2. The molecule has 1 aromatic heterocycles. The minimum Gasteiger partial charge on any atom is -0.378 e. The maximum Gasteiger partial charge on any atom is 0.129 e. The van der Waals surface area contributed by atoms with Crippen molar-refractivity contribution >= 4 is 11.9 Å². The van der Waals surface area contributed by atoms with Crippen molar-refractivity contribution in [2.24, 2.45) is 0 Å². The summed E-state index contributed by atoms with van der Waals surface area (Å²) in [5, 5.41) is 0. The number of pyridine rings is 1. The van der Waals surface area contributed by atoms with Crippen molar-refractivity contribution < 1.29 is 0 Å². The van der Waals surface area contributed by atoms with Crippen molar-refractivity contribution in [2.45, 2.75) is 27.7 Å². The molecular formula is C17H27N3. The molecule has 1 rings (SSSR count). The summed E-state index contributed by atoms with van der Waals surface area (Å²) < 4.78 is 0. The second kappa shape index (κ2) is 9.18. The third-order valence-corrected chi connectivity index (χ3v) is 3.33. The average Bonchev–Trinajstić information content (AvgIpc) is 2.49. The Labute approximate surface area is 123 Å². The van der Waals surface area contributed by atoms with Gasteiger partial charge in [0.1, 0.15) is 5.82 Å². The molecule has 0 aromatic carbocycles. The summed E-state index contributed by atoms with van der Waals surface area (Å²) in [4.78, 5) is 9.17. The van der Waals surface area contributed by atoms with E-state index < -0.39 is 0 Å². The van der Waals surface area contributed by atoms with Crippen molar-refractivity contribution in [3.8, 4) is 0 Å². The van der Waals surface area contributed by atoms with Crippen LogP contribution in [0.15, 0.2) is 36.6 Å². The Morgan fingerprint density at radius 1 is 0.950 bits per heavy atom. The van der Waals surface area contributed by atoms with Gasteiger partial charge in [-0.3, -0.25) is 0 Å². The lowest BCUT2D eigenvalue weighted by Crippen LogP contribution is -2.22. The first-order valence-corrected chi connectivity index (χ1v) is 7.56. The molecule has 0 radical (unpaired) electrons. The molecule has 0 atom stereocenters. The highest BCUT2D eigenvalue weighted by Crippen LogP contribution is 2.11. The van der Waals surface area contributed by atoms with Gasteiger partial charge < -0.3 is 9.80 Å². The number of aromatic nitrogens is 1.